The Bertz CT molecular complexity index is 1650. The number of hydrogen-bond donors (Lipinski definition) is 0. The molecule has 0 N–H and O–H groups in total. The van der Waals surface area contributed by atoms with Gasteiger partial charge in [-0.25, -0.2) is 0 Å². The highest BCUT2D eigenvalue weighted by Gasteiger charge is 2.34. The predicted molar refractivity (Wildman–Crippen MR) is 148 cm³/mol. The molecular formula is C28H20ClNO6S2. The van der Waals surface area contributed by atoms with Crippen molar-refractivity contribution in [3.05, 3.63) is 106 Å². The van der Waals surface area contributed by atoms with Gasteiger partial charge in [0, 0.05) is 10.4 Å². The van der Waals surface area contributed by atoms with Crippen molar-refractivity contribution in [2.45, 2.75) is 4.90 Å². The molecule has 1 saturated heterocycles. The first kappa shape index (κ1) is 25.8. The molecule has 0 aliphatic carbocycles. The van der Waals surface area contributed by atoms with E-state index < -0.39 is 16.0 Å². The van der Waals surface area contributed by atoms with E-state index in [1.807, 2.05) is 42.5 Å². The predicted octanol–water partition coefficient (Wildman–Crippen LogP) is 6.38. The van der Waals surface area contributed by atoms with Crippen molar-refractivity contribution < 1.29 is 26.9 Å². The van der Waals surface area contributed by atoms with Gasteiger partial charge in [-0.1, -0.05) is 60.1 Å². The van der Waals surface area contributed by atoms with E-state index in [9.17, 15) is 18.0 Å². The minimum absolute atomic E-state index is 0.0240. The van der Waals surface area contributed by atoms with Crippen LogP contribution in [0.25, 0.3) is 16.8 Å². The summed E-state index contributed by atoms with van der Waals surface area (Å²) in [5.41, 5.74) is 0.610. The number of nitrogens with zero attached hydrogens (tertiary/aromatic N) is 1. The highest BCUT2D eigenvalue weighted by molar-refractivity contribution is 8.18. The van der Waals surface area contributed by atoms with Gasteiger partial charge in [-0.05, 0) is 71.3 Å². The van der Waals surface area contributed by atoms with Gasteiger partial charge in [-0.2, -0.15) is 8.42 Å². The fourth-order valence-electron chi connectivity index (χ4n) is 3.81. The van der Waals surface area contributed by atoms with Crippen molar-refractivity contribution in [3.8, 4) is 11.5 Å². The molecule has 0 atom stereocenters. The average Bonchev–Trinajstić information content (AvgIpc) is 3.17. The third-order valence-corrected chi connectivity index (χ3v) is 8.10. The summed E-state index contributed by atoms with van der Waals surface area (Å²) in [4.78, 5) is 26.7. The molecule has 0 bridgehead atoms. The summed E-state index contributed by atoms with van der Waals surface area (Å²) in [6.07, 6.45) is 1.58. The lowest BCUT2D eigenvalue weighted by Crippen LogP contribution is -2.32. The van der Waals surface area contributed by atoms with E-state index in [1.54, 1.807) is 18.2 Å². The first-order valence-corrected chi connectivity index (χ1v) is 14.1. The van der Waals surface area contributed by atoms with Crippen molar-refractivity contribution in [1.82, 2.24) is 4.90 Å². The van der Waals surface area contributed by atoms with Crippen molar-refractivity contribution in [2.75, 3.05) is 13.2 Å². The molecule has 10 heteroatoms. The van der Waals surface area contributed by atoms with Crippen LogP contribution < -0.4 is 8.92 Å². The number of ether oxygens (including phenoxy) is 1. The van der Waals surface area contributed by atoms with Crippen LogP contribution in [0, 0.1) is 0 Å². The zero-order chi connectivity index (χ0) is 26.7. The molecule has 7 nitrogen and oxygen atoms in total. The van der Waals surface area contributed by atoms with E-state index in [0.717, 1.165) is 27.4 Å². The topological polar surface area (TPSA) is 90.0 Å². The minimum Gasteiger partial charge on any atom is -0.491 e. The van der Waals surface area contributed by atoms with Crippen LogP contribution in [0.15, 0.2) is 101 Å². The maximum atomic E-state index is 12.9. The number of hydrogen-bond acceptors (Lipinski definition) is 7. The van der Waals surface area contributed by atoms with Gasteiger partial charge in [0.15, 0.2) is 0 Å². The summed E-state index contributed by atoms with van der Waals surface area (Å²) in [5.74, 6) is 0.383. The second-order valence-electron chi connectivity index (χ2n) is 8.22. The maximum Gasteiger partial charge on any atom is 0.339 e. The molecule has 1 heterocycles. The number of rotatable bonds is 8. The standard InChI is InChI=1S/C28H20ClNO6S2/c29-21-10-14-23(15-11-21)38(33,34)36-22-12-8-19(9-13-22)18-26-27(31)30(28(32)37-26)16-17-35-25-7-3-5-20-4-1-2-6-24(20)25/h1-15,18H,16-17H2/b26-18-. The van der Waals surface area contributed by atoms with E-state index in [-0.39, 0.29) is 33.9 Å². The Balaban J connectivity index is 1.21. The Morgan fingerprint density at radius 2 is 1.58 bits per heavy atom. The van der Waals surface area contributed by atoms with E-state index in [2.05, 4.69) is 0 Å². The molecule has 1 aliphatic heterocycles. The number of fused-ring (bicyclic) bond motifs is 1. The second kappa shape index (κ2) is 10.9. The molecule has 0 saturated carbocycles. The van der Waals surface area contributed by atoms with Gasteiger partial charge in [0.2, 0.25) is 0 Å². The van der Waals surface area contributed by atoms with Gasteiger partial charge in [0.1, 0.15) is 23.0 Å². The molecular weight excluding hydrogens is 546 g/mol. The van der Waals surface area contributed by atoms with Gasteiger partial charge < -0.3 is 8.92 Å². The Morgan fingerprint density at radius 1 is 0.868 bits per heavy atom. The molecule has 1 fully saturated rings. The van der Waals surface area contributed by atoms with Crippen molar-refractivity contribution in [1.29, 1.82) is 0 Å². The van der Waals surface area contributed by atoms with Crippen LogP contribution >= 0.6 is 23.4 Å². The fraction of sp³-hybridized carbons (Fsp3) is 0.0714. The molecule has 5 rings (SSSR count). The van der Waals surface area contributed by atoms with E-state index in [0.29, 0.717) is 16.3 Å². The number of carbonyl (C=O) groups is 2. The summed E-state index contributed by atoms with van der Waals surface area (Å²) < 4.78 is 36.0. The minimum atomic E-state index is -4.03. The van der Waals surface area contributed by atoms with Crippen LogP contribution in [-0.4, -0.2) is 37.6 Å². The summed E-state index contributed by atoms with van der Waals surface area (Å²) >= 11 is 6.65. The summed E-state index contributed by atoms with van der Waals surface area (Å²) in [7, 11) is -4.03. The molecule has 0 unspecified atom stereocenters. The molecule has 4 aromatic carbocycles. The zero-order valence-electron chi connectivity index (χ0n) is 19.7. The van der Waals surface area contributed by atoms with E-state index >= 15 is 0 Å². The van der Waals surface area contributed by atoms with Gasteiger partial charge in [-0.3, -0.25) is 14.5 Å². The van der Waals surface area contributed by atoms with Crippen LogP contribution in [0.1, 0.15) is 5.56 Å². The summed E-state index contributed by atoms with van der Waals surface area (Å²) in [5, 5.41) is 2.03. The number of amides is 2. The smallest absolute Gasteiger partial charge is 0.339 e. The fourth-order valence-corrected chi connectivity index (χ4v) is 5.73. The van der Waals surface area contributed by atoms with Crippen LogP contribution in [0.2, 0.25) is 5.02 Å². The second-order valence-corrected chi connectivity index (χ2v) is 11.2. The van der Waals surface area contributed by atoms with Crippen LogP contribution in [0.5, 0.6) is 11.5 Å². The van der Waals surface area contributed by atoms with E-state index in [4.69, 9.17) is 20.5 Å². The molecule has 0 aromatic heterocycles. The highest BCUT2D eigenvalue weighted by Crippen LogP contribution is 2.33. The molecule has 192 valence electrons. The Hall–Kier alpha value is -3.79. The zero-order valence-corrected chi connectivity index (χ0v) is 22.1. The number of halogens is 1. The van der Waals surface area contributed by atoms with Crippen molar-refractivity contribution >= 4 is 61.5 Å². The lowest BCUT2D eigenvalue weighted by atomic mass is 10.1. The third kappa shape index (κ3) is 5.70. The molecule has 2 amide bonds. The van der Waals surface area contributed by atoms with Crippen molar-refractivity contribution in [2.24, 2.45) is 0 Å². The summed E-state index contributed by atoms with van der Waals surface area (Å²) in [6.45, 7) is 0.272. The lowest BCUT2D eigenvalue weighted by molar-refractivity contribution is -0.123. The largest absolute Gasteiger partial charge is 0.491 e. The highest BCUT2D eigenvalue weighted by atomic mass is 35.5. The van der Waals surface area contributed by atoms with Crippen LogP contribution in [0.3, 0.4) is 0 Å². The lowest BCUT2D eigenvalue weighted by Gasteiger charge is -2.14. The average molecular weight is 566 g/mol. The van der Waals surface area contributed by atoms with E-state index in [1.165, 1.54) is 36.4 Å². The molecule has 0 spiro atoms. The maximum absolute atomic E-state index is 12.9. The Labute approximate surface area is 228 Å². The van der Waals surface area contributed by atoms with Crippen LogP contribution in [-0.2, 0) is 14.9 Å². The SMILES string of the molecule is O=C1S/C(=C\c2ccc(OS(=O)(=O)c3ccc(Cl)cc3)cc2)C(=O)N1CCOc1cccc2ccccc12. The van der Waals surface area contributed by atoms with Gasteiger partial charge in [0.25, 0.3) is 11.1 Å². The number of benzene rings is 4. The van der Waals surface area contributed by atoms with Crippen LogP contribution in [0.4, 0.5) is 4.79 Å². The Kier molecular flexibility index (Phi) is 7.42. The first-order chi connectivity index (χ1) is 18.3. The van der Waals surface area contributed by atoms with Gasteiger partial charge in [0.05, 0.1) is 11.4 Å². The quantitative estimate of drug-likeness (QED) is 0.181. The third-order valence-electron chi connectivity index (χ3n) is 5.68. The number of imide groups is 1. The Morgan fingerprint density at radius 3 is 2.34 bits per heavy atom. The van der Waals surface area contributed by atoms with Crippen molar-refractivity contribution in [3.63, 3.8) is 0 Å². The monoisotopic (exact) mass is 565 g/mol. The number of thioether (sulfide) groups is 1. The molecule has 4 aromatic rings. The molecule has 1 aliphatic rings. The summed E-state index contributed by atoms with van der Waals surface area (Å²) in [6, 6.07) is 25.3. The van der Waals surface area contributed by atoms with Gasteiger partial charge >= 0.3 is 10.1 Å². The number of carbonyl (C=O) groups excluding carboxylic acids is 2. The normalized spacial score (nSPS) is 14.9. The molecule has 0 radical (unpaired) electrons. The molecule has 38 heavy (non-hydrogen) atoms. The first-order valence-electron chi connectivity index (χ1n) is 11.5. The van der Waals surface area contributed by atoms with Gasteiger partial charge in [-0.15, -0.1) is 0 Å².